The average molecular weight is 229 g/mol. The van der Waals surface area contributed by atoms with Crippen LogP contribution in [0.1, 0.15) is 19.3 Å². The van der Waals surface area contributed by atoms with Crippen molar-refractivity contribution in [1.29, 1.82) is 0 Å². The van der Waals surface area contributed by atoms with E-state index in [4.69, 9.17) is 0 Å². The summed E-state index contributed by atoms with van der Waals surface area (Å²) in [4.78, 5) is 34.7. The Labute approximate surface area is 95.4 Å². The number of hydrogen-bond donors (Lipinski definition) is 2. The maximum absolute atomic E-state index is 11.2. The van der Waals surface area contributed by atoms with Gasteiger partial charge in [0.2, 0.25) is 17.7 Å². The SMILES string of the molecule is CNC(=O)CCNC(=O)CCC(=O)N(C)C. The Morgan fingerprint density at radius 1 is 1.00 bits per heavy atom. The summed E-state index contributed by atoms with van der Waals surface area (Å²) in [5.74, 6) is -0.412. The van der Waals surface area contributed by atoms with E-state index in [9.17, 15) is 14.4 Å². The van der Waals surface area contributed by atoms with E-state index in [1.165, 1.54) is 4.90 Å². The highest BCUT2D eigenvalue weighted by molar-refractivity contribution is 5.84. The molecule has 0 bridgehead atoms. The molecule has 0 aromatic carbocycles. The second-order valence-electron chi connectivity index (χ2n) is 3.56. The third-order valence-corrected chi connectivity index (χ3v) is 2.02. The minimum Gasteiger partial charge on any atom is -0.359 e. The third-order valence-electron chi connectivity index (χ3n) is 2.02. The maximum atomic E-state index is 11.2. The maximum Gasteiger partial charge on any atom is 0.222 e. The van der Waals surface area contributed by atoms with Crippen molar-refractivity contribution in [1.82, 2.24) is 15.5 Å². The Kier molecular flexibility index (Phi) is 6.91. The highest BCUT2D eigenvalue weighted by Crippen LogP contribution is 1.93. The van der Waals surface area contributed by atoms with Crippen LogP contribution in [0.25, 0.3) is 0 Å². The Morgan fingerprint density at radius 2 is 1.62 bits per heavy atom. The predicted octanol–water partition coefficient (Wildman–Crippen LogP) is -0.893. The lowest BCUT2D eigenvalue weighted by molar-refractivity contribution is -0.131. The van der Waals surface area contributed by atoms with Crippen molar-refractivity contribution in [2.24, 2.45) is 0 Å². The van der Waals surface area contributed by atoms with Gasteiger partial charge in [-0.1, -0.05) is 0 Å². The Balaban J connectivity index is 3.60. The largest absolute Gasteiger partial charge is 0.359 e. The molecule has 0 saturated heterocycles. The number of carbonyl (C=O) groups is 3. The van der Waals surface area contributed by atoms with Crippen molar-refractivity contribution in [3.63, 3.8) is 0 Å². The highest BCUT2D eigenvalue weighted by Gasteiger charge is 2.08. The molecular formula is C10H19N3O3. The van der Waals surface area contributed by atoms with E-state index in [-0.39, 0.29) is 37.0 Å². The molecule has 0 radical (unpaired) electrons. The van der Waals surface area contributed by atoms with Gasteiger partial charge in [0.1, 0.15) is 0 Å². The van der Waals surface area contributed by atoms with Crippen LogP contribution >= 0.6 is 0 Å². The molecule has 0 aliphatic carbocycles. The van der Waals surface area contributed by atoms with Crippen LogP contribution in [0.4, 0.5) is 0 Å². The first-order valence-corrected chi connectivity index (χ1v) is 5.14. The number of carbonyl (C=O) groups excluding carboxylic acids is 3. The first kappa shape index (κ1) is 14.4. The van der Waals surface area contributed by atoms with E-state index in [1.807, 2.05) is 0 Å². The molecule has 0 aliphatic heterocycles. The van der Waals surface area contributed by atoms with Crippen molar-refractivity contribution in [3.8, 4) is 0 Å². The topological polar surface area (TPSA) is 78.5 Å². The van der Waals surface area contributed by atoms with E-state index >= 15 is 0 Å². The summed E-state index contributed by atoms with van der Waals surface area (Å²) >= 11 is 0. The molecule has 0 fully saturated rings. The Morgan fingerprint density at radius 3 is 2.12 bits per heavy atom. The molecule has 0 aromatic heterocycles. The fraction of sp³-hybridized carbons (Fsp3) is 0.700. The fourth-order valence-corrected chi connectivity index (χ4v) is 0.973. The van der Waals surface area contributed by atoms with Gasteiger partial charge < -0.3 is 15.5 Å². The molecule has 92 valence electrons. The van der Waals surface area contributed by atoms with Crippen molar-refractivity contribution >= 4 is 17.7 Å². The molecule has 6 nitrogen and oxygen atoms in total. The van der Waals surface area contributed by atoms with Crippen LogP contribution in [-0.4, -0.2) is 50.3 Å². The summed E-state index contributed by atoms with van der Waals surface area (Å²) in [5, 5.41) is 5.02. The lowest BCUT2D eigenvalue weighted by atomic mass is 10.2. The summed E-state index contributed by atoms with van der Waals surface area (Å²) in [7, 11) is 4.83. The van der Waals surface area contributed by atoms with Gasteiger partial charge in [0, 0.05) is 47.0 Å². The molecule has 2 N–H and O–H groups in total. The van der Waals surface area contributed by atoms with Gasteiger partial charge in [-0.2, -0.15) is 0 Å². The highest BCUT2D eigenvalue weighted by atomic mass is 16.2. The average Bonchev–Trinajstić information content (AvgIpc) is 2.25. The van der Waals surface area contributed by atoms with Crippen LogP contribution in [0.2, 0.25) is 0 Å². The van der Waals surface area contributed by atoms with Gasteiger partial charge in [0.15, 0.2) is 0 Å². The van der Waals surface area contributed by atoms with Gasteiger partial charge in [0.25, 0.3) is 0 Å². The summed E-state index contributed by atoms with van der Waals surface area (Å²) in [6.45, 7) is 0.300. The second-order valence-corrected chi connectivity index (χ2v) is 3.56. The zero-order chi connectivity index (χ0) is 12.6. The quantitative estimate of drug-likeness (QED) is 0.620. The first-order valence-electron chi connectivity index (χ1n) is 5.14. The summed E-state index contributed by atoms with van der Waals surface area (Å²) in [6, 6.07) is 0. The zero-order valence-electron chi connectivity index (χ0n) is 10.0. The van der Waals surface area contributed by atoms with Crippen molar-refractivity contribution in [2.45, 2.75) is 19.3 Å². The first-order chi connectivity index (χ1) is 7.47. The molecular weight excluding hydrogens is 210 g/mol. The second kappa shape index (κ2) is 7.67. The summed E-state index contributed by atoms with van der Waals surface area (Å²) < 4.78 is 0. The van der Waals surface area contributed by atoms with E-state index in [1.54, 1.807) is 21.1 Å². The summed E-state index contributed by atoms with van der Waals surface area (Å²) in [6.07, 6.45) is 0.605. The van der Waals surface area contributed by atoms with Crippen LogP contribution in [0.5, 0.6) is 0 Å². The molecule has 6 heteroatoms. The molecule has 0 unspecified atom stereocenters. The molecule has 3 amide bonds. The standard InChI is InChI=1S/C10H19N3O3/c1-11-8(14)6-7-12-9(15)4-5-10(16)13(2)3/h4-7H2,1-3H3,(H,11,14)(H,12,15). The fourth-order valence-electron chi connectivity index (χ4n) is 0.973. The normalized spacial score (nSPS) is 9.44. The number of rotatable bonds is 6. The molecule has 0 rings (SSSR count). The van der Waals surface area contributed by atoms with Crippen molar-refractivity contribution < 1.29 is 14.4 Å². The lowest BCUT2D eigenvalue weighted by Gasteiger charge is -2.09. The minimum absolute atomic E-state index is 0.0820. The van der Waals surface area contributed by atoms with Gasteiger partial charge in [-0.3, -0.25) is 14.4 Å². The van der Waals surface area contributed by atoms with Crippen molar-refractivity contribution in [3.05, 3.63) is 0 Å². The van der Waals surface area contributed by atoms with Crippen LogP contribution in [0.3, 0.4) is 0 Å². The molecule has 0 atom stereocenters. The van der Waals surface area contributed by atoms with E-state index in [2.05, 4.69) is 10.6 Å². The van der Waals surface area contributed by atoms with Gasteiger partial charge in [-0.05, 0) is 0 Å². The van der Waals surface area contributed by atoms with Crippen LogP contribution < -0.4 is 10.6 Å². The number of hydrogen-bond acceptors (Lipinski definition) is 3. The molecule has 16 heavy (non-hydrogen) atoms. The molecule has 0 aromatic rings. The zero-order valence-corrected chi connectivity index (χ0v) is 10.0. The Bertz CT molecular complexity index is 264. The molecule has 0 aliphatic rings. The van der Waals surface area contributed by atoms with Gasteiger partial charge >= 0.3 is 0 Å². The van der Waals surface area contributed by atoms with E-state index in [0.29, 0.717) is 6.54 Å². The number of nitrogens with zero attached hydrogens (tertiary/aromatic N) is 1. The smallest absolute Gasteiger partial charge is 0.222 e. The Hall–Kier alpha value is -1.59. The number of amides is 3. The third kappa shape index (κ3) is 6.80. The lowest BCUT2D eigenvalue weighted by Crippen LogP contribution is -2.30. The van der Waals surface area contributed by atoms with Gasteiger partial charge in [-0.15, -0.1) is 0 Å². The van der Waals surface area contributed by atoms with Crippen LogP contribution in [-0.2, 0) is 14.4 Å². The minimum atomic E-state index is -0.209. The molecule has 0 heterocycles. The van der Waals surface area contributed by atoms with E-state index in [0.717, 1.165) is 0 Å². The van der Waals surface area contributed by atoms with Crippen LogP contribution in [0, 0.1) is 0 Å². The van der Waals surface area contributed by atoms with Gasteiger partial charge in [0.05, 0.1) is 0 Å². The van der Waals surface area contributed by atoms with E-state index < -0.39 is 0 Å². The molecule has 0 spiro atoms. The van der Waals surface area contributed by atoms with Crippen molar-refractivity contribution in [2.75, 3.05) is 27.7 Å². The number of nitrogens with one attached hydrogen (secondary N) is 2. The molecule has 0 saturated carbocycles. The van der Waals surface area contributed by atoms with Gasteiger partial charge in [-0.25, -0.2) is 0 Å². The monoisotopic (exact) mass is 229 g/mol. The predicted molar refractivity (Wildman–Crippen MR) is 59.6 cm³/mol. The summed E-state index contributed by atoms with van der Waals surface area (Å²) in [5.41, 5.74) is 0. The van der Waals surface area contributed by atoms with Crippen LogP contribution in [0.15, 0.2) is 0 Å².